The van der Waals surface area contributed by atoms with Crippen LogP contribution in [-0.4, -0.2) is 19.5 Å². The lowest BCUT2D eigenvalue weighted by Gasteiger charge is -2.30. The molecule has 0 N–H and O–H groups in total. The van der Waals surface area contributed by atoms with Crippen LogP contribution in [0, 0.1) is 0 Å². The number of fused-ring (bicyclic) bond motifs is 5. The molecule has 0 atom stereocenters. The van der Waals surface area contributed by atoms with Crippen molar-refractivity contribution in [2.24, 2.45) is 0 Å². The van der Waals surface area contributed by atoms with Crippen LogP contribution in [0.4, 0.5) is 0 Å². The molecule has 4 nitrogen and oxygen atoms in total. The monoisotopic (exact) mass is 664 g/mol. The van der Waals surface area contributed by atoms with Crippen LogP contribution >= 0.6 is 0 Å². The molecule has 0 saturated heterocycles. The summed E-state index contributed by atoms with van der Waals surface area (Å²) in [6.07, 6.45) is 0. The van der Waals surface area contributed by atoms with E-state index in [1.165, 1.54) is 16.7 Å². The maximum atomic E-state index is 5.51. The van der Waals surface area contributed by atoms with Gasteiger partial charge in [0.25, 0.3) is 0 Å². The highest BCUT2D eigenvalue weighted by molar-refractivity contribution is 5.88. The minimum Gasteiger partial charge on any atom is -0.295 e. The molecule has 0 spiro atoms. The van der Waals surface area contributed by atoms with E-state index in [0.29, 0.717) is 5.82 Å². The smallest absolute Gasteiger partial charge is 0.160 e. The second-order valence-electron chi connectivity index (χ2n) is 13.2. The molecule has 0 bridgehead atoms. The van der Waals surface area contributed by atoms with Crippen molar-refractivity contribution < 1.29 is 0 Å². The van der Waals surface area contributed by atoms with Crippen molar-refractivity contribution in [3.05, 3.63) is 217 Å². The van der Waals surface area contributed by atoms with E-state index in [-0.39, 0.29) is 0 Å². The van der Waals surface area contributed by atoms with Gasteiger partial charge in [0, 0.05) is 16.7 Å². The van der Waals surface area contributed by atoms with Crippen molar-refractivity contribution in [3.8, 4) is 50.7 Å². The molecule has 0 aliphatic carbocycles. The Morgan fingerprint density at radius 1 is 0.385 bits per heavy atom. The largest absolute Gasteiger partial charge is 0.295 e. The van der Waals surface area contributed by atoms with Crippen LogP contribution < -0.4 is 0 Å². The summed E-state index contributed by atoms with van der Waals surface area (Å²) in [7, 11) is 0. The second kappa shape index (κ2) is 12.1. The molecular weight excluding hydrogens is 633 g/mol. The Labute approximate surface area is 302 Å². The summed E-state index contributed by atoms with van der Waals surface area (Å²) < 4.78 is 2.36. The maximum absolute atomic E-state index is 5.51. The predicted octanol–water partition coefficient (Wildman–Crippen LogP) is 11.2. The Morgan fingerprint density at radius 2 is 0.904 bits per heavy atom. The summed E-state index contributed by atoms with van der Waals surface area (Å²) in [4.78, 5) is 15.7. The van der Waals surface area contributed by atoms with Gasteiger partial charge in [0.2, 0.25) is 0 Å². The van der Waals surface area contributed by atoms with Crippen LogP contribution in [0.5, 0.6) is 0 Å². The standard InChI is InChI=1S/C48H32N4/c1-5-16-33(17-6-1)41-32-42(34-18-7-2-8-19-34)50-46(49-41)37-21-15-20-35(30-37)36-28-29-45-43(31-36)51-47-48(38-22-9-3-10-23-38,39-24-11-4-12-25-39)40-26-13-14-27-44(40)52(45)47/h1-32H. The third-order valence-corrected chi connectivity index (χ3v) is 10.3. The third kappa shape index (κ3) is 4.73. The zero-order chi connectivity index (χ0) is 34.5. The van der Waals surface area contributed by atoms with Crippen molar-refractivity contribution in [2.45, 2.75) is 5.41 Å². The average Bonchev–Trinajstić information content (AvgIpc) is 3.75. The predicted molar refractivity (Wildman–Crippen MR) is 210 cm³/mol. The van der Waals surface area contributed by atoms with Crippen molar-refractivity contribution in [1.29, 1.82) is 0 Å². The Hall–Kier alpha value is -6.91. The second-order valence-corrected chi connectivity index (χ2v) is 13.2. The van der Waals surface area contributed by atoms with E-state index < -0.39 is 5.41 Å². The third-order valence-electron chi connectivity index (χ3n) is 10.3. The van der Waals surface area contributed by atoms with Gasteiger partial charge in [-0.05, 0) is 58.1 Å². The van der Waals surface area contributed by atoms with E-state index >= 15 is 0 Å². The van der Waals surface area contributed by atoms with E-state index in [9.17, 15) is 0 Å². The number of nitrogens with zero attached hydrogens (tertiary/aromatic N) is 4. The van der Waals surface area contributed by atoms with Crippen LogP contribution in [0.15, 0.2) is 194 Å². The highest BCUT2D eigenvalue weighted by atomic mass is 15.1. The quantitative estimate of drug-likeness (QED) is 0.178. The van der Waals surface area contributed by atoms with E-state index in [1.54, 1.807) is 0 Å². The number of imidazole rings is 1. The van der Waals surface area contributed by atoms with Crippen molar-refractivity contribution in [1.82, 2.24) is 19.5 Å². The number of hydrogen-bond donors (Lipinski definition) is 0. The van der Waals surface area contributed by atoms with Crippen LogP contribution in [0.1, 0.15) is 22.5 Å². The van der Waals surface area contributed by atoms with Crippen molar-refractivity contribution in [3.63, 3.8) is 0 Å². The SMILES string of the molecule is c1ccc(-c2cc(-c3ccccc3)nc(-c3cccc(-c4ccc5c(c4)nc4n5-c5ccccc5C4(c4ccccc4)c4ccccc4)c3)n2)cc1. The Balaban J connectivity index is 1.12. The van der Waals surface area contributed by atoms with Crippen LogP contribution in [0.25, 0.3) is 61.8 Å². The highest BCUT2D eigenvalue weighted by Gasteiger charge is 2.48. The lowest BCUT2D eigenvalue weighted by Crippen LogP contribution is -2.29. The summed E-state index contributed by atoms with van der Waals surface area (Å²) in [5, 5.41) is 0. The van der Waals surface area contributed by atoms with Gasteiger partial charge in [-0.3, -0.25) is 4.57 Å². The summed E-state index contributed by atoms with van der Waals surface area (Å²) in [6, 6.07) is 68.2. The lowest BCUT2D eigenvalue weighted by molar-refractivity contribution is 0.718. The van der Waals surface area contributed by atoms with Crippen LogP contribution in [0.3, 0.4) is 0 Å². The molecule has 7 aromatic carbocycles. The lowest BCUT2D eigenvalue weighted by atomic mass is 9.70. The molecule has 10 rings (SSSR count). The molecule has 4 heteroatoms. The van der Waals surface area contributed by atoms with Gasteiger partial charge in [0.05, 0.1) is 28.1 Å². The van der Waals surface area contributed by atoms with Gasteiger partial charge in [-0.15, -0.1) is 0 Å². The molecule has 0 fully saturated rings. The molecule has 3 heterocycles. The van der Waals surface area contributed by atoms with Crippen LogP contribution in [-0.2, 0) is 5.41 Å². The molecule has 0 amide bonds. The fourth-order valence-corrected chi connectivity index (χ4v) is 7.90. The van der Waals surface area contributed by atoms with E-state index in [4.69, 9.17) is 15.0 Å². The van der Waals surface area contributed by atoms with Gasteiger partial charge in [-0.25, -0.2) is 15.0 Å². The van der Waals surface area contributed by atoms with Gasteiger partial charge < -0.3 is 0 Å². The summed E-state index contributed by atoms with van der Waals surface area (Å²) in [5.74, 6) is 1.70. The number of rotatable bonds is 6. The normalized spacial score (nSPS) is 12.8. The first-order chi connectivity index (χ1) is 25.8. The van der Waals surface area contributed by atoms with E-state index in [0.717, 1.165) is 61.8 Å². The van der Waals surface area contributed by atoms with Crippen molar-refractivity contribution in [2.75, 3.05) is 0 Å². The Kier molecular flexibility index (Phi) is 7.00. The minimum atomic E-state index is -0.560. The number of aromatic nitrogens is 4. The summed E-state index contributed by atoms with van der Waals surface area (Å²) >= 11 is 0. The van der Waals surface area contributed by atoms with Gasteiger partial charge in [-0.1, -0.05) is 164 Å². The zero-order valence-corrected chi connectivity index (χ0v) is 28.3. The van der Waals surface area contributed by atoms with Crippen LogP contribution in [0.2, 0.25) is 0 Å². The molecule has 9 aromatic rings. The van der Waals surface area contributed by atoms with Gasteiger partial charge in [0.1, 0.15) is 11.2 Å². The summed E-state index contributed by atoms with van der Waals surface area (Å²) in [6.45, 7) is 0. The Morgan fingerprint density at radius 3 is 1.54 bits per heavy atom. The Bertz CT molecular complexity index is 2620. The van der Waals surface area contributed by atoms with E-state index in [2.05, 4.69) is 162 Å². The number of para-hydroxylation sites is 1. The zero-order valence-electron chi connectivity index (χ0n) is 28.3. The first-order valence-electron chi connectivity index (χ1n) is 17.6. The molecule has 0 radical (unpaired) electrons. The van der Waals surface area contributed by atoms with Gasteiger partial charge in [-0.2, -0.15) is 0 Å². The fourth-order valence-electron chi connectivity index (χ4n) is 7.90. The fraction of sp³-hybridized carbons (Fsp3) is 0.0208. The molecule has 244 valence electrons. The van der Waals surface area contributed by atoms with E-state index in [1.807, 2.05) is 36.4 Å². The molecule has 1 aliphatic rings. The van der Waals surface area contributed by atoms with Gasteiger partial charge in [0.15, 0.2) is 5.82 Å². The minimum absolute atomic E-state index is 0.560. The maximum Gasteiger partial charge on any atom is 0.160 e. The highest BCUT2D eigenvalue weighted by Crippen LogP contribution is 2.52. The molecule has 1 aliphatic heterocycles. The molecule has 2 aromatic heterocycles. The first kappa shape index (κ1) is 30.0. The summed E-state index contributed by atoms with van der Waals surface area (Å²) in [5.41, 5.74) is 13.3. The molecular formula is C48H32N4. The number of hydrogen-bond acceptors (Lipinski definition) is 3. The molecule has 52 heavy (non-hydrogen) atoms. The average molecular weight is 665 g/mol. The first-order valence-corrected chi connectivity index (χ1v) is 17.6. The number of benzene rings is 7. The molecule has 0 saturated carbocycles. The molecule has 0 unspecified atom stereocenters. The topological polar surface area (TPSA) is 43.6 Å². The van der Waals surface area contributed by atoms with Gasteiger partial charge >= 0.3 is 0 Å². The van der Waals surface area contributed by atoms with Crippen molar-refractivity contribution >= 4 is 11.0 Å².